The number of likely N-dealkylation sites (N-methyl/N-ethyl adjacent to an activating group) is 1. The van der Waals surface area contributed by atoms with Crippen molar-refractivity contribution in [1.29, 1.82) is 0 Å². The number of carbonyl (C=O) groups is 2. The normalized spacial score (nSPS) is 14.1. The van der Waals surface area contributed by atoms with Crippen molar-refractivity contribution in [3.05, 3.63) is 77.6 Å². The van der Waals surface area contributed by atoms with Gasteiger partial charge in [0.25, 0.3) is 0 Å². The van der Waals surface area contributed by atoms with E-state index in [4.69, 9.17) is 0 Å². The number of hydrogen-bond acceptors (Lipinski definition) is 5. The van der Waals surface area contributed by atoms with Crippen LogP contribution in [0.3, 0.4) is 0 Å². The fourth-order valence-electron chi connectivity index (χ4n) is 3.23. The highest BCUT2D eigenvalue weighted by atomic mass is 32.2. The Labute approximate surface area is 254 Å². The standard InChI is InChI=1S/C16H18FNO3S.C8H13FO.C5H11N.2C2H6/c1-3-18-16(19)15-10-13(22(2,20)21)8-9-14(15)11-4-6-12(17)7-5-11;1-3-4-8(10)6-5-7(2)9;1-3-5-6-4-2;2*1-2/h4-9,13H,3,10H2,1-2H3,(H,18,19);5H,3-4,6H2,1-2H3;3,5-6H,4H2,1-2H3;2*1-2H3/b;7-5+;5-3+;;. The highest BCUT2D eigenvalue weighted by Crippen LogP contribution is 2.30. The average Bonchev–Trinajstić information content (AvgIpc) is 2.98. The smallest absolute Gasteiger partial charge is 0.247 e. The van der Waals surface area contributed by atoms with Crippen molar-refractivity contribution in [2.24, 2.45) is 0 Å². The summed E-state index contributed by atoms with van der Waals surface area (Å²) in [7, 11) is -3.28. The van der Waals surface area contributed by atoms with E-state index in [9.17, 15) is 26.8 Å². The molecule has 6 nitrogen and oxygen atoms in total. The molecule has 1 aromatic carbocycles. The number of nitrogens with one attached hydrogen (secondary N) is 2. The lowest BCUT2D eigenvalue weighted by molar-refractivity contribution is -0.118. The minimum atomic E-state index is -3.28. The summed E-state index contributed by atoms with van der Waals surface area (Å²) in [5.41, 5.74) is 1.73. The van der Waals surface area contributed by atoms with E-state index in [1.54, 1.807) is 31.2 Å². The van der Waals surface area contributed by atoms with Gasteiger partial charge in [-0.15, -0.1) is 0 Å². The van der Waals surface area contributed by atoms with Crippen LogP contribution in [0.2, 0.25) is 0 Å². The zero-order valence-corrected chi connectivity index (χ0v) is 28.1. The molecular weight excluding hydrogens is 558 g/mol. The van der Waals surface area contributed by atoms with Crippen molar-refractivity contribution >= 4 is 27.1 Å². The molecule has 1 amide bonds. The van der Waals surface area contributed by atoms with E-state index in [1.165, 1.54) is 25.1 Å². The van der Waals surface area contributed by atoms with Gasteiger partial charge in [-0.2, -0.15) is 0 Å². The van der Waals surface area contributed by atoms with Crippen LogP contribution in [0.5, 0.6) is 0 Å². The zero-order chi connectivity index (χ0) is 33.1. The average molecular weight is 613 g/mol. The van der Waals surface area contributed by atoms with Crippen molar-refractivity contribution in [2.75, 3.05) is 19.3 Å². The molecule has 0 aromatic heterocycles. The third kappa shape index (κ3) is 20.8. The Kier molecular flexibility index (Phi) is 27.7. The molecule has 0 radical (unpaired) electrons. The van der Waals surface area contributed by atoms with E-state index in [1.807, 2.05) is 53.8 Å². The molecule has 240 valence electrons. The number of rotatable bonds is 10. The number of allylic oxidation sites excluding steroid dienone is 5. The number of amides is 1. The topological polar surface area (TPSA) is 92.3 Å². The Bertz CT molecular complexity index is 1100. The highest BCUT2D eigenvalue weighted by Gasteiger charge is 2.28. The molecule has 0 bridgehead atoms. The number of sulfone groups is 1. The molecule has 9 heteroatoms. The molecule has 0 heterocycles. The molecule has 0 spiro atoms. The van der Waals surface area contributed by atoms with Crippen molar-refractivity contribution in [3.63, 3.8) is 0 Å². The minimum Gasteiger partial charge on any atom is -0.391 e. The predicted octanol–water partition coefficient (Wildman–Crippen LogP) is 7.89. The molecule has 2 N–H and O–H groups in total. The third-order valence-electron chi connectivity index (χ3n) is 5.15. The monoisotopic (exact) mass is 612 g/mol. The summed E-state index contributed by atoms with van der Waals surface area (Å²) >= 11 is 0. The number of halogens is 2. The van der Waals surface area contributed by atoms with Crippen LogP contribution in [0.25, 0.3) is 5.57 Å². The van der Waals surface area contributed by atoms with Crippen molar-refractivity contribution < 1.29 is 26.8 Å². The fraction of sp³-hybridized carbons (Fsp3) is 0.515. The van der Waals surface area contributed by atoms with Gasteiger partial charge in [-0.05, 0) is 76.1 Å². The summed E-state index contributed by atoms with van der Waals surface area (Å²) in [6.45, 7) is 18.6. The minimum absolute atomic E-state index is 0.111. The van der Waals surface area contributed by atoms with Gasteiger partial charge in [0.2, 0.25) is 5.91 Å². The van der Waals surface area contributed by atoms with E-state index >= 15 is 0 Å². The lowest BCUT2D eigenvalue weighted by atomic mass is 9.91. The van der Waals surface area contributed by atoms with Crippen LogP contribution < -0.4 is 10.6 Å². The van der Waals surface area contributed by atoms with Gasteiger partial charge in [-0.3, -0.25) is 9.59 Å². The second-order valence-corrected chi connectivity index (χ2v) is 10.8. The second-order valence-electron chi connectivity index (χ2n) is 8.53. The van der Waals surface area contributed by atoms with Gasteiger partial charge in [-0.1, -0.05) is 65.0 Å². The van der Waals surface area contributed by atoms with Crippen LogP contribution in [-0.2, 0) is 19.4 Å². The summed E-state index contributed by atoms with van der Waals surface area (Å²) in [4.78, 5) is 23.0. The molecule has 1 aliphatic carbocycles. The summed E-state index contributed by atoms with van der Waals surface area (Å²) in [6.07, 6.45) is 11.4. The molecule has 1 atom stereocenters. The fourth-order valence-corrected chi connectivity index (χ4v) is 4.06. The maximum atomic E-state index is 13.1. The summed E-state index contributed by atoms with van der Waals surface area (Å²) in [5.74, 6) is -0.818. The summed E-state index contributed by atoms with van der Waals surface area (Å²) in [6, 6.07) is 5.78. The first-order valence-electron chi connectivity index (χ1n) is 14.7. The van der Waals surface area contributed by atoms with Crippen LogP contribution in [0.1, 0.15) is 93.6 Å². The SMILES string of the molecule is C/C=C/NCC.CC.CC.CCCC(=O)C/C=C(\C)F.CCNC(=O)C1=C(c2ccc(F)cc2)C=CC(S(C)(=O)=O)C1. The van der Waals surface area contributed by atoms with E-state index in [-0.39, 0.29) is 36.2 Å². The zero-order valence-electron chi connectivity index (χ0n) is 27.3. The summed E-state index contributed by atoms with van der Waals surface area (Å²) in [5, 5.41) is 5.00. The maximum absolute atomic E-state index is 13.1. The van der Waals surface area contributed by atoms with Crippen LogP contribution in [0.4, 0.5) is 8.78 Å². The number of Topliss-reactive ketones (excluding diaryl/α,β-unsaturated/α-hetero) is 1. The van der Waals surface area contributed by atoms with Crippen LogP contribution >= 0.6 is 0 Å². The second kappa shape index (κ2) is 26.8. The van der Waals surface area contributed by atoms with Gasteiger partial charge >= 0.3 is 0 Å². The lowest BCUT2D eigenvalue weighted by Crippen LogP contribution is -2.30. The van der Waals surface area contributed by atoms with E-state index in [2.05, 4.69) is 17.6 Å². The summed E-state index contributed by atoms with van der Waals surface area (Å²) < 4.78 is 48.6. The number of carbonyl (C=O) groups excluding carboxylic acids is 2. The third-order valence-corrected chi connectivity index (χ3v) is 6.58. The largest absolute Gasteiger partial charge is 0.391 e. The molecule has 2 rings (SSSR count). The Morgan fingerprint density at radius 2 is 1.60 bits per heavy atom. The Morgan fingerprint density at radius 1 is 1.02 bits per heavy atom. The molecule has 42 heavy (non-hydrogen) atoms. The van der Waals surface area contributed by atoms with Crippen LogP contribution in [-0.4, -0.2) is 44.7 Å². The molecule has 1 aromatic rings. The van der Waals surface area contributed by atoms with E-state index < -0.39 is 15.1 Å². The first kappa shape index (κ1) is 43.4. The lowest BCUT2D eigenvalue weighted by Gasteiger charge is -2.21. The number of hydrogen-bond donors (Lipinski definition) is 2. The van der Waals surface area contributed by atoms with E-state index in [0.29, 0.717) is 29.7 Å². The van der Waals surface area contributed by atoms with Crippen LogP contribution in [0, 0.1) is 5.82 Å². The van der Waals surface area contributed by atoms with Crippen LogP contribution in [0.15, 0.2) is 66.2 Å². The first-order chi connectivity index (χ1) is 19.9. The molecule has 0 aliphatic heterocycles. The molecule has 0 saturated heterocycles. The number of benzene rings is 1. The van der Waals surface area contributed by atoms with Gasteiger partial charge in [0.05, 0.1) is 11.1 Å². The quantitative estimate of drug-likeness (QED) is 0.280. The Balaban J connectivity index is -0.000000632. The van der Waals surface area contributed by atoms with Crippen molar-refractivity contribution in [3.8, 4) is 0 Å². The van der Waals surface area contributed by atoms with Gasteiger partial charge in [0.1, 0.15) is 11.6 Å². The number of ketones is 1. The first-order valence-corrected chi connectivity index (χ1v) is 16.7. The predicted molar refractivity (Wildman–Crippen MR) is 175 cm³/mol. The molecule has 1 aliphatic rings. The van der Waals surface area contributed by atoms with Gasteiger partial charge in [0, 0.05) is 37.8 Å². The van der Waals surface area contributed by atoms with Gasteiger partial charge in [-0.25, -0.2) is 17.2 Å². The van der Waals surface area contributed by atoms with Crippen molar-refractivity contribution in [2.45, 2.75) is 93.2 Å². The van der Waals surface area contributed by atoms with E-state index in [0.717, 1.165) is 19.2 Å². The molecular formula is C33H54F2N2O4S. The van der Waals surface area contributed by atoms with Gasteiger partial charge < -0.3 is 10.6 Å². The molecule has 0 fully saturated rings. The Hall–Kier alpha value is -3.07. The van der Waals surface area contributed by atoms with Crippen molar-refractivity contribution in [1.82, 2.24) is 10.6 Å². The highest BCUT2D eigenvalue weighted by molar-refractivity contribution is 7.91. The maximum Gasteiger partial charge on any atom is 0.247 e. The van der Waals surface area contributed by atoms with Gasteiger partial charge in [0.15, 0.2) is 9.84 Å². The Morgan fingerprint density at radius 3 is 2.00 bits per heavy atom. The molecule has 1 unspecified atom stereocenters. The molecule has 0 saturated carbocycles.